The van der Waals surface area contributed by atoms with Gasteiger partial charge in [0, 0.05) is 18.0 Å². The van der Waals surface area contributed by atoms with E-state index in [1.807, 2.05) is 48.7 Å². The van der Waals surface area contributed by atoms with Crippen molar-refractivity contribution in [1.82, 2.24) is 4.98 Å². The Bertz CT molecular complexity index is 900. The van der Waals surface area contributed by atoms with Crippen LogP contribution < -0.4 is 9.47 Å². The van der Waals surface area contributed by atoms with Crippen molar-refractivity contribution in [2.45, 2.75) is 19.3 Å². The summed E-state index contributed by atoms with van der Waals surface area (Å²) in [7, 11) is 1.63. The highest BCUT2D eigenvalue weighted by atomic mass is 16.5. The number of aromatic nitrogens is 1. The summed E-state index contributed by atoms with van der Waals surface area (Å²) in [5.41, 5.74) is 3.77. The lowest BCUT2D eigenvalue weighted by Gasteiger charge is -2.11. The third kappa shape index (κ3) is 5.08. The van der Waals surface area contributed by atoms with Gasteiger partial charge in [0.2, 0.25) is 0 Å². The molecule has 4 nitrogen and oxygen atoms in total. The number of nitrogens with zero attached hydrogens (tertiary/aromatic N) is 2. The summed E-state index contributed by atoms with van der Waals surface area (Å²) in [6.07, 6.45) is 6.79. The highest BCUT2D eigenvalue weighted by Crippen LogP contribution is 2.31. The molecule has 0 fully saturated rings. The topological polar surface area (TPSA) is 55.1 Å². The van der Waals surface area contributed by atoms with Crippen LogP contribution in [0.1, 0.15) is 24.0 Å². The van der Waals surface area contributed by atoms with Crippen molar-refractivity contribution in [3.05, 3.63) is 78.1 Å². The maximum absolute atomic E-state index is 9.12. The van der Waals surface area contributed by atoms with Crippen LogP contribution in [-0.4, -0.2) is 18.7 Å². The summed E-state index contributed by atoms with van der Waals surface area (Å²) in [5, 5.41) is 9.12. The number of pyridine rings is 1. The number of ether oxygens (including phenoxy) is 2. The van der Waals surface area contributed by atoms with Gasteiger partial charge in [0.1, 0.15) is 11.5 Å². The molecule has 0 aliphatic heterocycles. The lowest BCUT2D eigenvalue weighted by atomic mass is 10.0. The average Bonchev–Trinajstić information content (AvgIpc) is 2.74. The number of nitriles is 1. The molecule has 4 heteroatoms. The van der Waals surface area contributed by atoms with Crippen LogP contribution in [0.4, 0.5) is 0 Å². The van der Waals surface area contributed by atoms with Crippen LogP contribution in [0.15, 0.2) is 67.0 Å². The summed E-state index contributed by atoms with van der Waals surface area (Å²) in [5.74, 6) is 1.59. The molecule has 27 heavy (non-hydrogen) atoms. The molecule has 0 spiro atoms. The van der Waals surface area contributed by atoms with Crippen LogP contribution in [0.2, 0.25) is 0 Å². The Morgan fingerprint density at radius 2 is 1.89 bits per heavy atom. The molecule has 0 unspecified atom stereocenters. The van der Waals surface area contributed by atoms with E-state index < -0.39 is 0 Å². The Morgan fingerprint density at radius 3 is 2.59 bits per heavy atom. The fourth-order valence-corrected chi connectivity index (χ4v) is 2.90. The third-order valence-corrected chi connectivity index (χ3v) is 4.35. The van der Waals surface area contributed by atoms with E-state index in [4.69, 9.17) is 14.7 Å². The van der Waals surface area contributed by atoms with Gasteiger partial charge in [-0.3, -0.25) is 4.98 Å². The number of hydrogen-bond donors (Lipinski definition) is 0. The van der Waals surface area contributed by atoms with E-state index in [9.17, 15) is 0 Å². The minimum absolute atomic E-state index is 0.611. The Balaban J connectivity index is 1.54. The van der Waals surface area contributed by atoms with Crippen LogP contribution in [0, 0.1) is 11.3 Å². The molecule has 0 saturated carbocycles. The summed E-state index contributed by atoms with van der Waals surface area (Å²) in [4.78, 5) is 4.13. The van der Waals surface area contributed by atoms with Gasteiger partial charge in [0.25, 0.3) is 0 Å². The molecule has 0 aliphatic rings. The summed E-state index contributed by atoms with van der Waals surface area (Å²) < 4.78 is 11.2. The molecular formula is C23H22N2O2. The molecule has 0 bridgehead atoms. The second-order valence-corrected chi connectivity index (χ2v) is 6.22. The number of rotatable bonds is 8. The van der Waals surface area contributed by atoms with Gasteiger partial charge >= 0.3 is 0 Å². The van der Waals surface area contributed by atoms with Gasteiger partial charge in [-0.25, -0.2) is 0 Å². The fourth-order valence-electron chi connectivity index (χ4n) is 2.90. The van der Waals surface area contributed by atoms with Gasteiger partial charge in [0.15, 0.2) is 0 Å². The lowest BCUT2D eigenvalue weighted by Crippen LogP contribution is -1.98. The minimum Gasteiger partial charge on any atom is -0.496 e. The highest BCUT2D eigenvalue weighted by Gasteiger charge is 2.07. The molecular weight excluding hydrogens is 336 g/mol. The standard InChI is InChI=1S/C23H22N2O2/c1-26-23-12-7-19(16-24)15-22(23)20-8-10-21(11-9-20)27-14-3-2-5-18-6-4-13-25-17-18/h4,6-13,15,17H,2-3,5,14H2,1H3. The van der Waals surface area contributed by atoms with Gasteiger partial charge in [-0.2, -0.15) is 5.26 Å². The third-order valence-electron chi connectivity index (χ3n) is 4.35. The second kappa shape index (κ2) is 9.40. The Labute approximate surface area is 160 Å². The van der Waals surface area contributed by atoms with E-state index in [-0.39, 0.29) is 0 Å². The Kier molecular flexibility index (Phi) is 6.43. The Morgan fingerprint density at radius 1 is 1.04 bits per heavy atom. The van der Waals surface area contributed by atoms with E-state index in [0.717, 1.165) is 41.9 Å². The van der Waals surface area contributed by atoms with E-state index >= 15 is 0 Å². The SMILES string of the molecule is COc1ccc(C#N)cc1-c1ccc(OCCCCc2cccnc2)cc1. The van der Waals surface area contributed by atoms with Crippen molar-refractivity contribution < 1.29 is 9.47 Å². The van der Waals surface area contributed by atoms with Crippen molar-refractivity contribution in [3.8, 4) is 28.7 Å². The van der Waals surface area contributed by atoms with Gasteiger partial charge < -0.3 is 9.47 Å². The van der Waals surface area contributed by atoms with Gasteiger partial charge in [0.05, 0.1) is 25.3 Å². The zero-order valence-electron chi connectivity index (χ0n) is 15.4. The lowest BCUT2D eigenvalue weighted by molar-refractivity contribution is 0.307. The molecule has 0 saturated heterocycles. The summed E-state index contributed by atoms with van der Waals surface area (Å²) in [6, 6.07) is 19.5. The normalized spacial score (nSPS) is 10.2. The molecule has 1 heterocycles. The molecule has 0 atom stereocenters. The minimum atomic E-state index is 0.611. The Hall–Kier alpha value is -3.32. The summed E-state index contributed by atoms with van der Waals surface area (Å²) >= 11 is 0. The second-order valence-electron chi connectivity index (χ2n) is 6.22. The predicted molar refractivity (Wildman–Crippen MR) is 106 cm³/mol. The van der Waals surface area contributed by atoms with E-state index in [0.29, 0.717) is 12.2 Å². The van der Waals surface area contributed by atoms with Crippen LogP contribution in [0.25, 0.3) is 11.1 Å². The molecule has 2 aromatic carbocycles. The van der Waals surface area contributed by atoms with Crippen LogP contribution in [0.3, 0.4) is 0 Å². The van der Waals surface area contributed by atoms with Crippen molar-refractivity contribution in [2.24, 2.45) is 0 Å². The number of methoxy groups -OCH3 is 1. The number of unbranched alkanes of at least 4 members (excludes halogenated alkanes) is 1. The molecule has 136 valence electrons. The smallest absolute Gasteiger partial charge is 0.126 e. The quantitative estimate of drug-likeness (QED) is 0.530. The number of aryl methyl sites for hydroxylation is 1. The zero-order chi connectivity index (χ0) is 18.9. The first-order valence-corrected chi connectivity index (χ1v) is 9.00. The predicted octanol–water partition coefficient (Wildman–Crippen LogP) is 5.03. The molecule has 0 N–H and O–H groups in total. The van der Waals surface area contributed by atoms with Gasteiger partial charge in [-0.15, -0.1) is 0 Å². The van der Waals surface area contributed by atoms with Crippen molar-refractivity contribution in [2.75, 3.05) is 13.7 Å². The molecule has 0 radical (unpaired) electrons. The van der Waals surface area contributed by atoms with E-state index in [1.54, 1.807) is 19.4 Å². The van der Waals surface area contributed by atoms with E-state index in [1.165, 1.54) is 5.56 Å². The number of hydrogen-bond acceptors (Lipinski definition) is 4. The summed E-state index contributed by atoms with van der Waals surface area (Å²) in [6.45, 7) is 0.687. The molecule has 3 aromatic rings. The molecule has 3 rings (SSSR count). The average molecular weight is 358 g/mol. The molecule has 0 aliphatic carbocycles. The van der Waals surface area contributed by atoms with Crippen molar-refractivity contribution in [1.29, 1.82) is 5.26 Å². The maximum atomic E-state index is 9.12. The molecule has 1 aromatic heterocycles. The first-order chi connectivity index (χ1) is 13.3. The number of benzene rings is 2. The van der Waals surface area contributed by atoms with E-state index in [2.05, 4.69) is 17.1 Å². The van der Waals surface area contributed by atoms with Crippen LogP contribution >= 0.6 is 0 Å². The van der Waals surface area contributed by atoms with Gasteiger partial charge in [-0.05, 0) is 66.8 Å². The fraction of sp³-hybridized carbons (Fsp3) is 0.217. The monoisotopic (exact) mass is 358 g/mol. The zero-order valence-corrected chi connectivity index (χ0v) is 15.4. The highest BCUT2D eigenvalue weighted by molar-refractivity contribution is 5.72. The van der Waals surface area contributed by atoms with Crippen molar-refractivity contribution in [3.63, 3.8) is 0 Å². The first-order valence-electron chi connectivity index (χ1n) is 9.00. The van der Waals surface area contributed by atoms with Crippen LogP contribution in [0.5, 0.6) is 11.5 Å². The maximum Gasteiger partial charge on any atom is 0.126 e. The molecule has 0 amide bonds. The van der Waals surface area contributed by atoms with Gasteiger partial charge in [-0.1, -0.05) is 18.2 Å². The van der Waals surface area contributed by atoms with Crippen LogP contribution in [-0.2, 0) is 6.42 Å². The largest absolute Gasteiger partial charge is 0.496 e. The van der Waals surface area contributed by atoms with Crippen molar-refractivity contribution >= 4 is 0 Å². The first kappa shape index (κ1) is 18.5.